The van der Waals surface area contributed by atoms with Gasteiger partial charge < -0.3 is 9.47 Å². The number of rotatable bonds is 5. The number of ketones is 1. The van der Waals surface area contributed by atoms with E-state index >= 15 is 0 Å². The molecule has 0 bridgehead atoms. The molecule has 0 aliphatic carbocycles. The zero-order valence-corrected chi connectivity index (χ0v) is 16.3. The van der Waals surface area contributed by atoms with Gasteiger partial charge in [-0.3, -0.25) is 9.80 Å². The van der Waals surface area contributed by atoms with Crippen LogP contribution in [0.5, 0.6) is 11.5 Å². The van der Waals surface area contributed by atoms with Crippen LogP contribution in [0.25, 0.3) is 6.08 Å². The molecule has 148 valence electrons. The van der Waals surface area contributed by atoms with Crippen molar-refractivity contribution in [1.29, 1.82) is 0 Å². The second-order valence-corrected chi connectivity index (χ2v) is 7.14. The summed E-state index contributed by atoms with van der Waals surface area (Å²) in [5.41, 5.74) is 4.71. The number of nitrogens with zero attached hydrogens (tertiary/aromatic N) is 2. The van der Waals surface area contributed by atoms with Gasteiger partial charge in [0.1, 0.15) is 0 Å². The Bertz CT molecular complexity index is 1170. The number of ether oxygens (including phenoxy) is 2. The van der Waals surface area contributed by atoms with Gasteiger partial charge in [0, 0.05) is 17.7 Å². The number of carbonyl (C=O) groups excluding carboxylic acids is 1. The number of benzene rings is 3. The van der Waals surface area contributed by atoms with Crippen molar-refractivity contribution in [2.24, 2.45) is 5.10 Å². The van der Waals surface area contributed by atoms with Crippen molar-refractivity contribution in [1.82, 2.24) is 0 Å². The first-order valence-electron chi connectivity index (χ1n) is 9.88. The van der Waals surface area contributed by atoms with Crippen LogP contribution in [0.3, 0.4) is 0 Å². The topological polar surface area (TPSA) is 51.1 Å². The quantitative estimate of drug-likeness (QED) is 0.356. The molecule has 0 aromatic heterocycles. The minimum Gasteiger partial charge on any atom is -0.454 e. The van der Waals surface area contributed by atoms with Gasteiger partial charge in [0.15, 0.2) is 17.3 Å². The lowest BCUT2D eigenvalue weighted by Gasteiger charge is -2.12. The molecular formula is C25H20N2O3. The first kappa shape index (κ1) is 18.2. The summed E-state index contributed by atoms with van der Waals surface area (Å²) in [6.07, 6.45) is 6.11. The fourth-order valence-corrected chi connectivity index (χ4v) is 3.69. The molecule has 0 atom stereocenters. The highest BCUT2D eigenvalue weighted by molar-refractivity contribution is 6.11. The zero-order valence-electron chi connectivity index (χ0n) is 16.3. The van der Waals surface area contributed by atoms with E-state index in [-0.39, 0.29) is 12.6 Å². The average molecular weight is 396 g/mol. The molecule has 0 saturated carbocycles. The van der Waals surface area contributed by atoms with Crippen LogP contribution in [0.4, 0.5) is 5.69 Å². The van der Waals surface area contributed by atoms with Gasteiger partial charge in [0.05, 0.1) is 11.9 Å². The monoisotopic (exact) mass is 396 g/mol. The Morgan fingerprint density at radius 1 is 0.967 bits per heavy atom. The first-order chi connectivity index (χ1) is 14.8. The van der Waals surface area contributed by atoms with Crippen molar-refractivity contribution >= 4 is 23.8 Å². The van der Waals surface area contributed by atoms with Gasteiger partial charge in [-0.15, -0.1) is 0 Å². The van der Waals surface area contributed by atoms with E-state index in [0.29, 0.717) is 11.3 Å². The molecule has 2 aliphatic heterocycles. The van der Waals surface area contributed by atoms with E-state index in [4.69, 9.17) is 9.47 Å². The van der Waals surface area contributed by atoms with Crippen LogP contribution < -0.4 is 14.5 Å². The molecule has 3 aromatic rings. The van der Waals surface area contributed by atoms with E-state index in [0.717, 1.165) is 35.5 Å². The van der Waals surface area contributed by atoms with E-state index in [2.05, 4.69) is 17.2 Å². The number of fused-ring (bicyclic) bond motifs is 2. The Morgan fingerprint density at radius 3 is 2.77 bits per heavy atom. The number of para-hydroxylation sites is 1. The van der Waals surface area contributed by atoms with Gasteiger partial charge in [-0.2, -0.15) is 5.10 Å². The number of hydrogen-bond acceptors (Lipinski definition) is 5. The molecule has 0 amide bonds. The minimum absolute atomic E-state index is 0.0726. The summed E-state index contributed by atoms with van der Waals surface area (Å²) in [5, 5.41) is 6.62. The smallest absolute Gasteiger partial charge is 0.231 e. The minimum atomic E-state index is -0.0726. The standard InChI is InChI=1S/C25H20N2O3/c28-23(11-9-18-10-12-24-25(15-18)30-17-29-24)21-7-3-1-6-20(21)16-26-27-14-13-19-5-2-4-8-22(19)27/h1-12,15-16H,13-14,17H2/b11-9+,26-16+. The lowest BCUT2D eigenvalue weighted by molar-refractivity contribution is 0.104. The maximum absolute atomic E-state index is 12.8. The van der Waals surface area contributed by atoms with Gasteiger partial charge in [-0.1, -0.05) is 54.6 Å². The third-order valence-corrected chi connectivity index (χ3v) is 5.25. The maximum Gasteiger partial charge on any atom is 0.231 e. The Balaban J connectivity index is 1.35. The molecule has 0 unspecified atom stereocenters. The lowest BCUT2D eigenvalue weighted by Crippen LogP contribution is -2.13. The second kappa shape index (κ2) is 7.87. The fraction of sp³-hybridized carbons (Fsp3) is 0.120. The Labute approximate surface area is 174 Å². The SMILES string of the molecule is O=C(/C=C/c1ccc2c(c1)OCO2)c1ccccc1/C=N/N1CCc2ccccc21. The Hall–Kier alpha value is -3.86. The van der Waals surface area contributed by atoms with Crippen molar-refractivity contribution < 1.29 is 14.3 Å². The van der Waals surface area contributed by atoms with Gasteiger partial charge >= 0.3 is 0 Å². The van der Waals surface area contributed by atoms with E-state index < -0.39 is 0 Å². The largest absolute Gasteiger partial charge is 0.454 e. The lowest BCUT2D eigenvalue weighted by atomic mass is 10.0. The fourth-order valence-electron chi connectivity index (χ4n) is 3.69. The molecular weight excluding hydrogens is 376 g/mol. The highest BCUT2D eigenvalue weighted by Crippen LogP contribution is 2.33. The number of carbonyl (C=O) groups is 1. The molecule has 2 heterocycles. The molecule has 5 nitrogen and oxygen atoms in total. The number of anilines is 1. The molecule has 30 heavy (non-hydrogen) atoms. The van der Waals surface area contributed by atoms with E-state index in [9.17, 15) is 4.79 Å². The number of allylic oxidation sites excluding steroid dienone is 1. The van der Waals surface area contributed by atoms with Crippen LogP contribution >= 0.6 is 0 Å². The molecule has 0 radical (unpaired) electrons. The van der Waals surface area contributed by atoms with E-state index in [1.807, 2.05) is 59.6 Å². The summed E-state index contributed by atoms with van der Waals surface area (Å²) in [6, 6.07) is 21.4. The third kappa shape index (κ3) is 3.57. The van der Waals surface area contributed by atoms with Crippen LogP contribution in [0.1, 0.15) is 27.0 Å². The first-order valence-corrected chi connectivity index (χ1v) is 9.88. The summed E-state index contributed by atoms with van der Waals surface area (Å²) in [5.74, 6) is 1.35. The third-order valence-electron chi connectivity index (χ3n) is 5.25. The van der Waals surface area contributed by atoms with Gasteiger partial charge in [0.2, 0.25) is 6.79 Å². The van der Waals surface area contributed by atoms with E-state index in [1.165, 1.54) is 5.56 Å². The number of hydrazone groups is 1. The van der Waals surface area contributed by atoms with Crippen molar-refractivity contribution in [3.63, 3.8) is 0 Å². The van der Waals surface area contributed by atoms with Crippen molar-refractivity contribution in [3.05, 3.63) is 95.1 Å². The van der Waals surface area contributed by atoms with Crippen LogP contribution in [0.2, 0.25) is 0 Å². The predicted octanol–water partition coefficient (Wildman–Crippen LogP) is 4.71. The molecule has 5 rings (SSSR count). The molecule has 0 fully saturated rings. The molecule has 0 saturated heterocycles. The van der Waals surface area contributed by atoms with Crippen molar-refractivity contribution in [2.75, 3.05) is 18.3 Å². The van der Waals surface area contributed by atoms with Gasteiger partial charge in [0.25, 0.3) is 0 Å². The molecule has 3 aromatic carbocycles. The number of hydrogen-bond donors (Lipinski definition) is 0. The predicted molar refractivity (Wildman–Crippen MR) is 117 cm³/mol. The Kier molecular flexibility index (Phi) is 4.77. The van der Waals surface area contributed by atoms with E-state index in [1.54, 1.807) is 18.4 Å². The van der Waals surface area contributed by atoms with Crippen LogP contribution in [-0.4, -0.2) is 25.3 Å². The Morgan fingerprint density at radius 2 is 1.80 bits per heavy atom. The summed E-state index contributed by atoms with van der Waals surface area (Å²) in [6.45, 7) is 1.08. The van der Waals surface area contributed by atoms with Gasteiger partial charge in [-0.05, 0) is 41.8 Å². The highest BCUT2D eigenvalue weighted by Gasteiger charge is 2.17. The summed E-state index contributed by atoms with van der Waals surface area (Å²) >= 11 is 0. The normalized spacial score (nSPS) is 14.6. The zero-order chi connectivity index (χ0) is 20.3. The second-order valence-electron chi connectivity index (χ2n) is 7.14. The molecule has 0 N–H and O–H groups in total. The molecule has 0 spiro atoms. The summed E-state index contributed by atoms with van der Waals surface area (Å²) in [4.78, 5) is 12.8. The van der Waals surface area contributed by atoms with Crippen LogP contribution in [-0.2, 0) is 6.42 Å². The van der Waals surface area contributed by atoms with Crippen LogP contribution in [0, 0.1) is 0 Å². The van der Waals surface area contributed by atoms with Crippen molar-refractivity contribution in [3.8, 4) is 11.5 Å². The highest BCUT2D eigenvalue weighted by atomic mass is 16.7. The van der Waals surface area contributed by atoms with Gasteiger partial charge in [-0.25, -0.2) is 0 Å². The molecule has 2 aliphatic rings. The summed E-state index contributed by atoms with van der Waals surface area (Å²) in [7, 11) is 0. The van der Waals surface area contributed by atoms with Crippen molar-refractivity contribution in [2.45, 2.75) is 6.42 Å². The summed E-state index contributed by atoms with van der Waals surface area (Å²) < 4.78 is 10.7. The molecule has 5 heteroatoms. The maximum atomic E-state index is 12.8. The van der Waals surface area contributed by atoms with Crippen LogP contribution in [0.15, 0.2) is 77.9 Å². The average Bonchev–Trinajstić information content (AvgIpc) is 3.42.